The van der Waals surface area contributed by atoms with Gasteiger partial charge in [-0.2, -0.15) is 0 Å². The third-order valence-corrected chi connectivity index (χ3v) is 4.63. The molecule has 2 aliphatic rings. The predicted molar refractivity (Wildman–Crippen MR) is 78.8 cm³/mol. The van der Waals surface area contributed by atoms with Crippen LogP contribution in [0.5, 0.6) is 0 Å². The first-order valence-electron chi connectivity index (χ1n) is 8.09. The molecule has 18 heavy (non-hydrogen) atoms. The average molecular weight is 252 g/mol. The third kappa shape index (κ3) is 4.55. The Morgan fingerprint density at radius 3 is 2.61 bits per heavy atom. The molecular formula is C16H32N2. The van der Waals surface area contributed by atoms with E-state index in [-0.39, 0.29) is 0 Å². The van der Waals surface area contributed by atoms with E-state index in [0.717, 1.165) is 23.8 Å². The monoisotopic (exact) mass is 252 g/mol. The third-order valence-electron chi connectivity index (χ3n) is 4.63. The van der Waals surface area contributed by atoms with Gasteiger partial charge in [0, 0.05) is 25.7 Å². The Balaban J connectivity index is 1.69. The normalized spacial score (nSPS) is 30.7. The van der Waals surface area contributed by atoms with E-state index in [1.807, 2.05) is 0 Å². The van der Waals surface area contributed by atoms with Crippen LogP contribution in [0.3, 0.4) is 0 Å². The van der Waals surface area contributed by atoms with Crippen LogP contribution in [-0.2, 0) is 0 Å². The zero-order chi connectivity index (χ0) is 13.0. The molecule has 1 heterocycles. The molecular weight excluding hydrogens is 220 g/mol. The number of hydrogen-bond donors (Lipinski definition) is 1. The van der Waals surface area contributed by atoms with Gasteiger partial charge in [-0.05, 0) is 50.0 Å². The lowest BCUT2D eigenvalue weighted by molar-refractivity contribution is 0.107. The summed E-state index contributed by atoms with van der Waals surface area (Å²) in [5, 5.41) is 3.78. The molecule has 0 aromatic carbocycles. The second-order valence-corrected chi connectivity index (χ2v) is 7.19. The Kier molecular flexibility index (Phi) is 5.50. The van der Waals surface area contributed by atoms with Crippen LogP contribution < -0.4 is 5.32 Å². The highest BCUT2D eigenvalue weighted by atomic mass is 15.2. The molecule has 0 amide bonds. The minimum absolute atomic E-state index is 0.743. The van der Waals surface area contributed by atoms with Gasteiger partial charge in [-0.25, -0.2) is 0 Å². The molecule has 1 saturated heterocycles. The van der Waals surface area contributed by atoms with Crippen LogP contribution in [0.1, 0.15) is 52.9 Å². The van der Waals surface area contributed by atoms with Crippen LogP contribution in [-0.4, -0.2) is 37.1 Å². The van der Waals surface area contributed by atoms with Gasteiger partial charge >= 0.3 is 0 Å². The molecule has 2 fully saturated rings. The molecule has 2 nitrogen and oxygen atoms in total. The Labute approximate surface area is 114 Å². The first kappa shape index (κ1) is 14.3. The Morgan fingerprint density at radius 1 is 1.22 bits per heavy atom. The van der Waals surface area contributed by atoms with Crippen LogP contribution >= 0.6 is 0 Å². The molecule has 0 aromatic rings. The number of nitrogens with one attached hydrogen (secondary N) is 1. The summed E-state index contributed by atoms with van der Waals surface area (Å²) in [7, 11) is 0. The minimum Gasteiger partial charge on any atom is -0.313 e. The number of hydrogen-bond acceptors (Lipinski definition) is 2. The van der Waals surface area contributed by atoms with Crippen LogP contribution in [0.4, 0.5) is 0 Å². The lowest BCUT2D eigenvalue weighted by Gasteiger charge is -2.40. The van der Waals surface area contributed by atoms with E-state index >= 15 is 0 Å². The van der Waals surface area contributed by atoms with E-state index < -0.39 is 0 Å². The van der Waals surface area contributed by atoms with Crippen molar-refractivity contribution < 1.29 is 0 Å². The molecule has 106 valence electrons. The number of piperidine rings is 1. The second-order valence-electron chi connectivity index (χ2n) is 7.19. The SMILES string of the molecule is CC(C)CCNC1CC(C)CN(CC2CCC2)C1. The van der Waals surface area contributed by atoms with Crippen LogP contribution in [0.15, 0.2) is 0 Å². The maximum Gasteiger partial charge on any atom is 0.0198 e. The lowest BCUT2D eigenvalue weighted by Crippen LogP contribution is -2.50. The fourth-order valence-electron chi connectivity index (χ4n) is 3.38. The summed E-state index contributed by atoms with van der Waals surface area (Å²) in [6.07, 6.45) is 7.13. The topological polar surface area (TPSA) is 15.3 Å². The van der Waals surface area contributed by atoms with Gasteiger partial charge in [0.15, 0.2) is 0 Å². The molecule has 0 bridgehead atoms. The zero-order valence-electron chi connectivity index (χ0n) is 12.6. The molecule has 1 N–H and O–H groups in total. The smallest absolute Gasteiger partial charge is 0.0198 e. The Bertz CT molecular complexity index is 235. The van der Waals surface area contributed by atoms with Gasteiger partial charge in [-0.1, -0.05) is 27.2 Å². The summed E-state index contributed by atoms with van der Waals surface area (Å²) < 4.78 is 0. The highest BCUT2D eigenvalue weighted by Crippen LogP contribution is 2.28. The van der Waals surface area contributed by atoms with Crippen molar-refractivity contribution in [1.82, 2.24) is 10.2 Å². The number of rotatable bonds is 6. The Hall–Kier alpha value is -0.0800. The highest BCUT2D eigenvalue weighted by molar-refractivity contribution is 4.84. The van der Waals surface area contributed by atoms with Crippen molar-refractivity contribution in [3.05, 3.63) is 0 Å². The van der Waals surface area contributed by atoms with E-state index in [2.05, 4.69) is 31.0 Å². The molecule has 2 heteroatoms. The van der Waals surface area contributed by atoms with Gasteiger partial charge in [-0.15, -0.1) is 0 Å². The van der Waals surface area contributed by atoms with Crippen molar-refractivity contribution in [3.8, 4) is 0 Å². The molecule has 0 spiro atoms. The van der Waals surface area contributed by atoms with E-state index in [4.69, 9.17) is 0 Å². The quantitative estimate of drug-likeness (QED) is 0.781. The molecule has 2 unspecified atom stereocenters. The molecule has 1 aliphatic carbocycles. The van der Waals surface area contributed by atoms with Gasteiger partial charge < -0.3 is 10.2 Å². The largest absolute Gasteiger partial charge is 0.313 e. The molecule has 0 radical (unpaired) electrons. The van der Waals surface area contributed by atoms with Crippen molar-refractivity contribution in [2.75, 3.05) is 26.2 Å². The number of likely N-dealkylation sites (tertiary alicyclic amines) is 1. The van der Waals surface area contributed by atoms with Gasteiger partial charge in [0.25, 0.3) is 0 Å². The standard InChI is InChI=1S/C16H32N2/c1-13(2)7-8-17-16-9-14(3)10-18(12-16)11-15-5-4-6-15/h13-17H,4-12H2,1-3H3. The molecule has 1 aliphatic heterocycles. The first-order valence-corrected chi connectivity index (χ1v) is 8.09. The van der Waals surface area contributed by atoms with E-state index in [1.54, 1.807) is 0 Å². The van der Waals surface area contributed by atoms with Crippen molar-refractivity contribution in [2.24, 2.45) is 17.8 Å². The minimum atomic E-state index is 0.743. The number of nitrogens with zero attached hydrogens (tertiary/aromatic N) is 1. The van der Waals surface area contributed by atoms with Crippen LogP contribution in [0.25, 0.3) is 0 Å². The highest BCUT2D eigenvalue weighted by Gasteiger charge is 2.27. The first-order chi connectivity index (χ1) is 8.63. The molecule has 0 aromatic heterocycles. The predicted octanol–water partition coefficient (Wildman–Crippen LogP) is 3.13. The fraction of sp³-hybridized carbons (Fsp3) is 1.00. The second kappa shape index (κ2) is 6.91. The summed E-state index contributed by atoms with van der Waals surface area (Å²) in [4.78, 5) is 2.73. The van der Waals surface area contributed by atoms with Crippen molar-refractivity contribution in [2.45, 2.75) is 58.9 Å². The van der Waals surface area contributed by atoms with E-state index in [1.165, 1.54) is 58.3 Å². The van der Waals surface area contributed by atoms with Crippen LogP contribution in [0, 0.1) is 17.8 Å². The lowest BCUT2D eigenvalue weighted by atomic mass is 9.84. The van der Waals surface area contributed by atoms with Gasteiger partial charge in [0.05, 0.1) is 0 Å². The van der Waals surface area contributed by atoms with E-state index in [0.29, 0.717) is 0 Å². The summed E-state index contributed by atoms with van der Waals surface area (Å²) in [5.74, 6) is 2.71. The van der Waals surface area contributed by atoms with Gasteiger partial charge in [0.2, 0.25) is 0 Å². The summed E-state index contributed by atoms with van der Waals surface area (Å²) in [5.41, 5.74) is 0. The maximum absolute atomic E-state index is 3.78. The maximum atomic E-state index is 3.78. The van der Waals surface area contributed by atoms with E-state index in [9.17, 15) is 0 Å². The van der Waals surface area contributed by atoms with Gasteiger partial charge in [0.1, 0.15) is 0 Å². The van der Waals surface area contributed by atoms with Crippen molar-refractivity contribution in [3.63, 3.8) is 0 Å². The van der Waals surface area contributed by atoms with Gasteiger partial charge in [-0.3, -0.25) is 0 Å². The summed E-state index contributed by atoms with van der Waals surface area (Å²) >= 11 is 0. The zero-order valence-corrected chi connectivity index (χ0v) is 12.6. The molecule has 2 atom stereocenters. The Morgan fingerprint density at radius 2 is 2.00 bits per heavy atom. The fourth-order valence-corrected chi connectivity index (χ4v) is 3.38. The molecule has 2 rings (SSSR count). The summed E-state index contributed by atoms with van der Waals surface area (Å²) in [6, 6.07) is 0.743. The summed E-state index contributed by atoms with van der Waals surface area (Å²) in [6.45, 7) is 12.2. The van der Waals surface area contributed by atoms with Crippen molar-refractivity contribution in [1.29, 1.82) is 0 Å². The van der Waals surface area contributed by atoms with Crippen LogP contribution in [0.2, 0.25) is 0 Å². The average Bonchev–Trinajstić information content (AvgIpc) is 2.22. The molecule has 1 saturated carbocycles. The van der Waals surface area contributed by atoms with Crippen molar-refractivity contribution >= 4 is 0 Å².